The molecule has 0 aliphatic heterocycles. The molecule has 0 saturated carbocycles. The van der Waals surface area contributed by atoms with Gasteiger partial charge in [0.05, 0.1) is 10.2 Å². The maximum Gasteiger partial charge on any atom is 0.164 e. The monoisotopic (exact) mass is 734 g/mol. The van der Waals surface area contributed by atoms with Gasteiger partial charge in [-0.15, -0.1) is 11.3 Å². The van der Waals surface area contributed by atoms with Crippen LogP contribution in [-0.4, -0.2) is 19.9 Å². The molecule has 56 heavy (non-hydrogen) atoms. The predicted octanol–water partition coefficient (Wildman–Crippen LogP) is 13.5. The first-order valence-electron chi connectivity index (χ1n) is 18.5. The largest absolute Gasteiger partial charge is 0.456 e. The minimum Gasteiger partial charge on any atom is -0.456 e. The van der Waals surface area contributed by atoms with Gasteiger partial charge in [-0.25, -0.2) is 19.9 Å². The van der Waals surface area contributed by atoms with Crippen molar-refractivity contribution < 1.29 is 4.42 Å². The Morgan fingerprint density at radius 3 is 1.59 bits per heavy atom. The van der Waals surface area contributed by atoms with Crippen LogP contribution in [-0.2, 0) is 0 Å². The molecule has 8 aromatic carbocycles. The maximum atomic E-state index is 6.45. The molecule has 3 aromatic heterocycles. The highest BCUT2D eigenvalue weighted by atomic mass is 32.1. The number of thiazole rings is 1. The van der Waals surface area contributed by atoms with Gasteiger partial charge in [0, 0.05) is 38.4 Å². The van der Waals surface area contributed by atoms with Crippen LogP contribution in [0.5, 0.6) is 0 Å². The zero-order valence-corrected chi connectivity index (χ0v) is 30.7. The van der Waals surface area contributed by atoms with Crippen molar-refractivity contribution in [3.05, 3.63) is 182 Å². The van der Waals surface area contributed by atoms with Gasteiger partial charge in [0.15, 0.2) is 17.5 Å². The van der Waals surface area contributed by atoms with Crippen molar-refractivity contribution in [3.8, 4) is 67.0 Å². The standard InChI is InChI=1S/C50H30N4OS/c1-3-10-31(11-4-1)33-18-22-36(23-19-33)47-52-48(37-24-20-34(21-25-37)32-12-5-2-6-13-32)54-49(53-47)38-27-29-43-41(30-38)45-40(16-9-17-44(45)55-43)50-51-42-28-26-35-14-7-8-15-39(35)46(42)56-50/h1-30H. The summed E-state index contributed by atoms with van der Waals surface area (Å²) in [6, 6.07) is 62.8. The van der Waals surface area contributed by atoms with E-state index < -0.39 is 0 Å². The third-order valence-corrected chi connectivity index (χ3v) is 11.5. The molecule has 5 nitrogen and oxygen atoms in total. The van der Waals surface area contributed by atoms with E-state index in [1.807, 2.05) is 36.4 Å². The molecule has 0 N–H and O–H groups in total. The second-order valence-corrected chi connectivity index (χ2v) is 14.8. The Kier molecular flexibility index (Phi) is 7.60. The van der Waals surface area contributed by atoms with E-state index in [9.17, 15) is 0 Å². The molecular formula is C50H30N4OS. The molecule has 6 heteroatoms. The van der Waals surface area contributed by atoms with E-state index in [-0.39, 0.29) is 0 Å². The van der Waals surface area contributed by atoms with Gasteiger partial charge in [0.2, 0.25) is 0 Å². The lowest BCUT2D eigenvalue weighted by Crippen LogP contribution is -2.00. The van der Waals surface area contributed by atoms with Crippen LogP contribution in [0, 0.1) is 0 Å². The van der Waals surface area contributed by atoms with Crippen molar-refractivity contribution in [1.29, 1.82) is 0 Å². The van der Waals surface area contributed by atoms with Gasteiger partial charge in [0.25, 0.3) is 0 Å². The lowest BCUT2D eigenvalue weighted by molar-refractivity contribution is 0.669. The summed E-state index contributed by atoms with van der Waals surface area (Å²) in [6.45, 7) is 0. The molecule has 0 aliphatic rings. The van der Waals surface area contributed by atoms with Crippen LogP contribution in [0.2, 0.25) is 0 Å². The first-order valence-corrected chi connectivity index (χ1v) is 19.4. The van der Waals surface area contributed by atoms with Crippen LogP contribution < -0.4 is 0 Å². The summed E-state index contributed by atoms with van der Waals surface area (Å²) in [5.41, 5.74) is 10.9. The van der Waals surface area contributed by atoms with Gasteiger partial charge in [-0.2, -0.15) is 0 Å². The van der Waals surface area contributed by atoms with Gasteiger partial charge in [0.1, 0.15) is 16.2 Å². The van der Waals surface area contributed by atoms with Crippen molar-refractivity contribution in [2.75, 3.05) is 0 Å². The number of nitrogens with zero attached hydrogens (tertiary/aromatic N) is 4. The zero-order valence-electron chi connectivity index (χ0n) is 29.9. The summed E-state index contributed by atoms with van der Waals surface area (Å²) in [5, 5.41) is 5.39. The van der Waals surface area contributed by atoms with Gasteiger partial charge >= 0.3 is 0 Å². The van der Waals surface area contributed by atoms with E-state index in [0.29, 0.717) is 17.5 Å². The minimum atomic E-state index is 0.587. The molecule has 0 radical (unpaired) electrons. The zero-order chi connectivity index (χ0) is 37.0. The first-order chi connectivity index (χ1) is 27.7. The van der Waals surface area contributed by atoms with E-state index in [2.05, 4.69) is 146 Å². The highest BCUT2D eigenvalue weighted by molar-refractivity contribution is 7.22. The van der Waals surface area contributed by atoms with E-state index in [1.54, 1.807) is 11.3 Å². The van der Waals surface area contributed by atoms with Crippen molar-refractivity contribution in [2.24, 2.45) is 0 Å². The Balaban J connectivity index is 1.05. The molecule has 0 aliphatic carbocycles. The third-order valence-electron chi connectivity index (χ3n) is 10.4. The Morgan fingerprint density at radius 1 is 0.375 bits per heavy atom. The fraction of sp³-hybridized carbons (Fsp3) is 0. The van der Waals surface area contributed by atoms with E-state index in [0.717, 1.165) is 77.0 Å². The van der Waals surface area contributed by atoms with Gasteiger partial charge in [-0.05, 0) is 58.0 Å². The maximum absolute atomic E-state index is 6.45. The molecule has 0 bridgehead atoms. The average molecular weight is 735 g/mol. The molecule has 11 rings (SSSR count). The quantitative estimate of drug-likeness (QED) is 0.170. The van der Waals surface area contributed by atoms with Crippen LogP contribution in [0.4, 0.5) is 0 Å². The number of hydrogen-bond donors (Lipinski definition) is 0. The van der Waals surface area contributed by atoms with Crippen molar-refractivity contribution in [1.82, 2.24) is 19.9 Å². The lowest BCUT2D eigenvalue weighted by atomic mass is 10.0. The second kappa shape index (κ2) is 13.2. The van der Waals surface area contributed by atoms with Crippen LogP contribution in [0.1, 0.15) is 0 Å². The van der Waals surface area contributed by atoms with Crippen molar-refractivity contribution >= 4 is 54.3 Å². The lowest BCUT2D eigenvalue weighted by Gasteiger charge is -2.10. The Morgan fingerprint density at radius 2 is 0.929 bits per heavy atom. The molecule has 11 aromatic rings. The molecule has 0 spiro atoms. The third kappa shape index (κ3) is 5.63. The molecule has 0 saturated heterocycles. The van der Waals surface area contributed by atoms with Crippen molar-refractivity contribution in [3.63, 3.8) is 0 Å². The summed E-state index contributed by atoms with van der Waals surface area (Å²) in [4.78, 5) is 20.4. The van der Waals surface area contributed by atoms with Gasteiger partial charge in [-0.1, -0.05) is 152 Å². The van der Waals surface area contributed by atoms with Crippen molar-refractivity contribution in [2.45, 2.75) is 0 Å². The van der Waals surface area contributed by atoms with E-state index >= 15 is 0 Å². The van der Waals surface area contributed by atoms with Crippen LogP contribution in [0.15, 0.2) is 186 Å². The molecule has 0 unspecified atom stereocenters. The number of hydrogen-bond acceptors (Lipinski definition) is 6. The molecule has 262 valence electrons. The molecule has 0 amide bonds. The molecule has 0 fully saturated rings. The van der Waals surface area contributed by atoms with E-state index in [4.69, 9.17) is 24.4 Å². The average Bonchev–Trinajstić information content (AvgIpc) is 3.89. The summed E-state index contributed by atoms with van der Waals surface area (Å²) < 4.78 is 7.64. The number of fused-ring (bicyclic) bond motifs is 6. The minimum absolute atomic E-state index is 0.587. The topological polar surface area (TPSA) is 64.7 Å². The molecule has 3 heterocycles. The highest BCUT2D eigenvalue weighted by Crippen LogP contribution is 2.42. The first kappa shape index (κ1) is 32.2. The van der Waals surface area contributed by atoms with Crippen LogP contribution >= 0.6 is 11.3 Å². The number of benzene rings is 8. The Bertz CT molecular complexity index is 3130. The number of furan rings is 1. The summed E-state index contributed by atoms with van der Waals surface area (Å²) in [7, 11) is 0. The summed E-state index contributed by atoms with van der Waals surface area (Å²) in [6.07, 6.45) is 0. The molecular weight excluding hydrogens is 705 g/mol. The molecule has 0 atom stereocenters. The highest BCUT2D eigenvalue weighted by Gasteiger charge is 2.19. The summed E-state index contributed by atoms with van der Waals surface area (Å²) >= 11 is 1.72. The summed E-state index contributed by atoms with van der Waals surface area (Å²) in [5.74, 6) is 1.80. The number of aromatic nitrogens is 4. The fourth-order valence-corrected chi connectivity index (χ4v) is 8.69. The Hall–Kier alpha value is -7.28. The van der Waals surface area contributed by atoms with Gasteiger partial charge < -0.3 is 4.42 Å². The SMILES string of the molecule is c1ccc(-c2ccc(-c3nc(-c4ccc(-c5ccccc5)cc4)nc(-c4ccc5oc6cccc(-c7nc8ccc9ccccc9c8s7)c6c5c4)n3)cc2)cc1. The van der Waals surface area contributed by atoms with Gasteiger partial charge in [-0.3, -0.25) is 0 Å². The van der Waals surface area contributed by atoms with E-state index in [1.165, 1.54) is 15.5 Å². The van der Waals surface area contributed by atoms with Crippen LogP contribution in [0.25, 0.3) is 110 Å². The Labute approximate surface area is 326 Å². The smallest absolute Gasteiger partial charge is 0.164 e. The normalized spacial score (nSPS) is 11.6. The second-order valence-electron chi connectivity index (χ2n) is 13.8. The van der Waals surface area contributed by atoms with Crippen LogP contribution in [0.3, 0.4) is 0 Å². The predicted molar refractivity (Wildman–Crippen MR) is 230 cm³/mol. The fourth-order valence-electron chi connectivity index (χ4n) is 7.56. The number of rotatable bonds is 6.